The standard InChI is InChI=1S/C19H25NO3/c1-13-7-9-14(10-8-13)12-20-18(21)11-17-15-5-3-2-4-6-16(15)19(22)23-17/h3-6,13-14,17H,2,7-12H2,1H3,(H,20,21). The molecule has 1 N–H and O–H groups in total. The Labute approximate surface area is 137 Å². The van der Waals surface area contributed by atoms with E-state index in [1.165, 1.54) is 25.7 Å². The van der Waals surface area contributed by atoms with Crippen LogP contribution in [0.5, 0.6) is 0 Å². The monoisotopic (exact) mass is 315 g/mol. The van der Waals surface area contributed by atoms with Gasteiger partial charge in [0.2, 0.25) is 5.91 Å². The summed E-state index contributed by atoms with van der Waals surface area (Å²) in [6.45, 7) is 3.04. The lowest BCUT2D eigenvalue weighted by Gasteiger charge is -2.26. The van der Waals surface area contributed by atoms with E-state index in [2.05, 4.69) is 12.2 Å². The molecule has 0 bridgehead atoms. The second kappa shape index (κ2) is 7.16. The van der Waals surface area contributed by atoms with Crippen LogP contribution in [0.2, 0.25) is 0 Å². The number of cyclic esters (lactones) is 1. The molecule has 1 amide bonds. The van der Waals surface area contributed by atoms with E-state index >= 15 is 0 Å². The van der Waals surface area contributed by atoms with Crippen LogP contribution in [0, 0.1) is 11.8 Å². The van der Waals surface area contributed by atoms with Crippen molar-refractivity contribution in [1.82, 2.24) is 5.32 Å². The number of hydrogen-bond acceptors (Lipinski definition) is 3. The number of ether oxygens (including phenoxy) is 1. The van der Waals surface area contributed by atoms with Crippen molar-refractivity contribution in [3.05, 3.63) is 35.5 Å². The average Bonchev–Trinajstić information content (AvgIpc) is 2.72. The van der Waals surface area contributed by atoms with Crippen LogP contribution in [-0.2, 0) is 14.3 Å². The molecule has 1 fully saturated rings. The van der Waals surface area contributed by atoms with Crippen LogP contribution in [0.4, 0.5) is 0 Å². The number of rotatable bonds is 4. The van der Waals surface area contributed by atoms with Crippen molar-refractivity contribution in [2.45, 2.75) is 51.6 Å². The van der Waals surface area contributed by atoms with Gasteiger partial charge in [-0.2, -0.15) is 0 Å². The number of carbonyl (C=O) groups excluding carboxylic acids is 2. The largest absolute Gasteiger partial charge is 0.453 e. The summed E-state index contributed by atoms with van der Waals surface area (Å²) < 4.78 is 5.36. The van der Waals surface area contributed by atoms with Crippen LogP contribution in [-0.4, -0.2) is 24.5 Å². The number of amides is 1. The molecule has 1 atom stereocenters. The highest BCUT2D eigenvalue weighted by molar-refractivity contribution is 5.97. The molecule has 0 aromatic carbocycles. The van der Waals surface area contributed by atoms with Gasteiger partial charge in [-0.1, -0.05) is 44.1 Å². The van der Waals surface area contributed by atoms with Crippen molar-refractivity contribution >= 4 is 11.9 Å². The maximum Gasteiger partial charge on any atom is 0.339 e. The second-order valence-electron chi connectivity index (χ2n) is 6.94. The zero-order valence-corrected chi connectivity index (χ0v) is 13.7. The summed E-state index contributed by atoms with van der Waals surface area (Å²) in [5.41, 5.74) is 1.43. The van der Waals surface area contributed by atoms with Crippen molar-refractivity contribution in [3.8, 4) is 0 Å². The molecule has 2 aliphatic carbocycles. The number of hydrogen-bond donors (Lipinski definition) is 1. The Balaban J connectivity index is 1.51. The molecular formula is C19H25NO3. The van der Waals surface area contributed by atoms with E-state index in [0.29, 0.717) is 11.5 Å². The number of esters is 1. The molecule has 1 saturated carbocycles. The smallest absolute Gasteiger partial charge is 0.339 e. The van der Waals surface area contributed by atoms with E-state index in [-0.39, 0.29) is 18.3 Å². The Kier molecular flexibility index (Phi) is 4.99. The highest BCUT2D eigenvalue weighted by Crippen LogP contribution is 2.30. The molecule has 4 nitrogen and oxygen atoms in total. The quantitative estimate of drug-likeness (QED) is 0.811. The van der Waals surface area contributed by atoms with Crippen molar-refractivity contribution in [1.29, 1.82) is 0 Å². The van der Waals surface area contributed by atoms with Gasteiger partial charge in [-0.25, -0.2) is 4.79 Å². The molecule has 0 saturated heterocycles. The van der Waals surface area contributed by atoms with Crippen LogP contribution >= 0.6 is 0 Å². The molecule has 1 aliphatic heterocycles. The van der Waals surface area contributed by atoms with Crippen molar-refractivity contribution < 1.29 is 14.3 Å². The topological polar surface area (TPSA) is 55.4 Å². The van der Waals surface area contributed by atoms with Gasteiger partial charge in [0.1, 0.15) is 6.10 Å². The molecule has 0 aromatic heterocycles. The molecule has 0 radical (unpaired) electrons. The zero-order chi connectivity index (χ0) is 16.2. The van der Waals surface area contributed by atoms with E-state index in [1.54, 1.807) is 6.08 Å². The normalized spacial score (nSPS) is 30.0. The molecule has 1 unspecified atom stereocenters. The minimum Gasteiger partial charge on any atom is -0.453 e. The van der Waals surface area contributed by atoms with E-state index in [9.17, 15) is 9.59 Å². The fourth-order valence-electron chi connectivity index (χ4n) is 3.55. The van der Waals surface area contributed by atoms with Crippen LogP contribution in [0.1, 0.15) is 45.4 Å². The summed E-state index contributed by atoms with van der Waals surface area (Å²) in [6.07, 6.45) is 13.1. The minimum atomic E-state index is -0.442. The lowest BCUT2D eigenvalue weighted by atomic mass is 9.83. The number of carbonyl (C=O) groups is 2. The van der Waals surface area contributed by atoms with Gasteiger partial charge in [-0.3, -0.25) is 4.79 Å². The predicted octanol–water partition coefficient (Wildman–Crippen LogP) is 3.06. The first-order chi connectivity index (χ1) is 11.1. The number of nitrogens with one attached hydrogen (secondary N) is 1. The molecule has 3 rings (SSSR count). The SMILES string of the molecule is CC1CCC(CNC(=O)CC2OC(=O)C3=C2C=CCC=C3)CC1. The van der Waals surface area contributed by atoms with E-state index in [0.717, 1.165) is 24.5 Å². The van der Waals surface area contributed by atoms with Gasteiger partial charge in [-0.15, -0.1) is 0 Å². The Morgan fingerprint density at radius 3 is 2.74 bits per heavy atom. The molecule has 23 heavy (non-hydrogen) atoms. The first kappa shape index (κ1) is 16.0. The molecular weight excluding hydrogens is 290 g/mol. The lowest BCUT2D eigenvalue weighted by molar-refractivity contribution is -0.140. The lowest BCUT2D eigenvalue weighted by Crippen LogP contribution is -2.33. The highest BCUT2D eigenvalue weighted by atomic mass is 16.5. The molecule has 3 aliphatic rings. The fraction of sp³-hybridized carbons (Fsp3) is 0.579. The average molecular weight is 315 g/mol. The van der Waals surface area contributed by atoms with Gasteiger partial charge in [0, 0.05) is 12.1 Å². The predicted molar refractivity (Wildman–Crippen MR) is 88.6 cm³/mol. The van der Waals surface area contributed by atoms with Crippen molar-refractivity contribution in [2.75, 3.05) is 6.54 Å². The van der Waals surface area contributed by atoms with E-state index in [4.69, 9.17) is 4.74 Å². The second-order valence-corrected chi connectivity index (χ2v) is 6.94. The van der Waals surface area contributed by atoms with Gasteiger partial charge < -0.3 is 10.1 Å². The van der Waals surface area contributed by atoms with Gasteiger partial charge in [0.15, 0.2) is 0 Å². The van der Waals surface area contributed by atoms with Gasteiger partial charge >= 0.3 is 5.97 Å². The van der Waals surface area contributed by atoms with Gasteiger partial charge in [0.05, 0.1) is 12.0 Å². The first-order valence-corrected chi connectivity index (χ1v) is 8.68. The number of allylic oxidation sites excluding steroid dienone is 2. The summed E-state index contributed by atoms with van der Waals surface area (Å²) in [6, 6.07) is 0. The van der Waals surface area contributed by atoms with Crippen LogP contribution in [0.25, 0.3) is 0 Å². The van der Waals surface area contributed by atoms with Gasteiger partial charge in [0.25, 0.3) is 0 Å². The third kappa shape index (κ3) is 3.92. The van der Waals surface area contributed by atoms with Gasteiger partial charge in [-0.05, 0) is 31.1 Å². The highest BCUT2D eigenvalue weighted by Gasteiger charge is 2.33. The molecule has 0 aromatic rings. The Morgan fingerprint density at radius 2 is 1.96 bits per heavy atom. The third-order valence-corrected chi connectivity index (χ3v) is 5.08. The third-order valence-electron chi connectivity index (χ3n) is 5.08. The van der Waals surface area contributed by atoms with E-state index in [1.807, 2.05) is 18.2 Å². The summed E-state index contributed by atoms with van der Waals surface area (Å²) in [5.74, 6) is 1.07. The molecule has 4 heteroatoms. The van der Waals surface area contributed by atoms with Crippen LogP contribution < -0.4 is 5.32 Å². The summed E-state index contributed by atoms with van der Waals surface area (Å²) in [5, 5.41) is 3.03. The summed E-state index contributed by atoms with van der Waals surface area (Å²) in [7, 11) is 0. The Morgan fingerprint density at radius 1 is 1.22 bits per heavy atom. The van der Waals surface area contributed by atoms with Crippen molar-refractivity contribution in [3.63, 3.8) is 0 Å². The zero-order valence-electron chi connectivity index (χ0n) is 13.7. The first-order valence-electron chi connectivity index (χ1n) is 8.68. The molecule has 124 valence electrons. The maximum atomic E-state index is 12.2. The summed E-state index contributed by atoms with van der Waals surface area (Å²) >= 11 is 0. The Bertz CT molecular complexity index is 565. The van der Waals surface area contributed by atoms with Crippen molar-refractivity contribution in [2.24, 2.45) is 11.8 Å². The fourth-order valence-corrected chi connectivity index (χ4v) is 3.55. The Hall–Kier alpha value is -1.84. The minimum absolute atomic E-state index is 0.0307. The van der Waals surface area contributed by atoms with Crippen LogP contribution in [0.15, 0.2) is 35.5 Å². The maximum absolute atomic E-state index is 12.2. The van der Waals surface area contributed by atoms with Crippen LogP contribution in [0.3, 0.4) is 0 Å². The summed E-state index contributed by atoms with van der Waals surface area (Å²) in [4.78, 5) is 24.1. The van der Waals surface area contributed by atoms with E-state index < -0.39 is 6.10 Å². The molecule has 0 spiro atoms. The molecule has 1 heterocycles.